The van der Waals surface area contributed by atoms with Gasteiger partial charge in [0, 0.05) is 41.9 Å². The summed E-state index contributed by atoms with van der Waals surface area (Å²) in [4.78, 5) is 6.92. The largest absolute Gasteiger partial charge is 0.353 e. The van der Waals surface area contributed by atoms with Gasteiger partial charge in [-0.25, -0.2) is 4.98 Å². The molecule has 3 nitrogen and oxygen atoms in total. The van der Waals surface area contributed by atoms with Gasteiger partial charge in [0.15, 0.2) is 0 Å². The van der Waals surface area contributed by atoms with Crippen molar-refractivity contribution >= 4 is 29.2 Å². The first-order valence-electron chi connectivity index (χ1n) is 7.45. The van der Waals surface area contributed by atoms with E-state index in [-0.39, 0.29) is 10.3 Å². The zero-order valence-electron chi connectivity index (χ0n) is 13.7. The van der Waals surface area contributed by atoms with Crippen molar-refractivity contribution in [3.05, 3.63) is 22.8 Å². The van der Waals surface area contributed by atoms with Crippen LogP contribution in [0.5, 0.6) is 0 Å². The molecular weight excluding hydrogens is 302 g/mol. The predicted octanol–water partition coefficient (Wildman–Crippen LogP) is 3.95. The average Bonchev–Trinajstić information content (AvgIpc) is 2.34. The number of hydrogen-bond acceptors (Lipinski definition) is 4. The number of nitrogens with one attached hydrogen (secondary N) is 1. The second-order valence-corrected chi connectivity index (χ2v) is 9.49. The molecule has 2 rings (SSSR count). The van der Waals surface area contributed by atoms with Crippen LogP contribution >= 0.6 is 23.4 Å². The quantitative estimate of drug-likeness (QED) is 0.909. The summed E-state index contributed by atoms with van der Waals surface area (Å²) in [6.45, 7) is 13.8. The van der Waals surface area contributed by atoms with Crippen molar-refractivity contribution in [2.75, 3.05) is 23.7 Å². The van der Waals surface area contributed by atoms with Crippen LogP contribution in [0.2, 0.25) is 5.02 Å². The van der Waals surface area contributed by atoms with Crippen molar-refractivity contribution in [2.24, 2.45) is 0 Å². The lowest BCUT2D eigenvalue weighted by atomic mass is 10.1. The van der Waals surface area contributed by atoms with E-state index in [0.29, 0.717) is 0 Å². The number of rotatable bonds is 3. The molecule has 1 aliphatic rings. The van der Waals surface area contributed by atoms with Crippen LogP contribution in [0.25, 0.3) is 0 Å². The highest BCUT2D eigenvalue weighted by atomic mass is 35.5. The molecule has 0 bridgehead atoms. The maximum atomic E-state index is 6.47. The Labute approximate surface area is 137 Å². The van der Waals surface area contributed by atoms with Crippen molar-refractivity contribution in [2.45, 2.75) is 51.4 Å². The Morgan fingerprint density at radius 2 is 2.14 bits per heavy atom. The van der Waals surface area contributed by atoms with Gasteiger partial charge < -0.3 is 10.2 Å². The minimum atomic E-state index is 0.0965. The smallest absolute Gasteiger partial charge is 0.147 e. The number of hydrogen-bond donors (Lipinski definition) is 1. The van der Waals surface area contributed by atoms with Gasteiger partial charge >= 0.3 is 0 Å². The molecule has 0 radical (unpaired) electrons. The van der Waals surface area contributed by atoms with Gasteiger partial charge in [-0.05, 0) is 46.2 Å². The van der Waals surface area contributed by atoms with Crippen LogP contribution in [0.15, 0.2) is 12.3 Å². The molecule has 0 saturated carbocycles. The Bertz CT molecular complexity index is 497. The Morgan fingerprint density at radius 3 is 2.71 bits per heavy atom. The second kappa shape index (κ2) is 6.35. The van der Waals surface area contributed by atoms with E-state index in [1.54, 1.807) is 0 Å². The molecule has 5 heteroatoms. The standard InChI is InChI=1S/C16H26ClN3S/c1-15(2,3)19-10-12-8-13(17)14(18-9-12)20-6-7-21-16(4,5)11-20/h8-9,19H,6-7,10-11H2,1-5H3. The van der Waals surface area contributed by atoms with Crippen LogP contribution in [0, 0.1) is 0 Å². The molecule has 0 atom stereocenters. The number of nitrogens with zero attached hydrogens (tertiary/aromatic N) is 2. The van der Waals surface area contributed by atoms with Crippen molar-refractivity contribution in [1.82, 2.24) is 10.3 Å². The lowest BCUT2D eigenvalue weighted by Gasteiger charge is -2.38. The Balaban J connectivity index is 2.09. The number of anilines is 1. The molecule has 1 N–H and O–H groups in total. The van der Waals surface area contributed by atoms with E-state index >= 15 is 0 Å². The molecule has 1 aromatic rings. The minimum absolute atomic E-state index is 0.0965. The topological polar surface area (TPSA) is 28.2 Å². The van der Waals surface area contributed by atoms with Crippen molar-refractivity contribution in [1.29, 1.82) is 0 Å². The minimum Gasteiger partial charge on any atom is -0.353 e. The van der Waals surface area contributed by atoms with E-state index in [4.69, 9.17) is 11.6 Å². The van der Waals surface area contributed by atoms with Gasteiger partial charge in [-0.1, -0.05) is 11.6 Å². The third kappa shape index (κ3) is 5.04. The van der Waals surface area contributed by atoms with Crippen LogP contribution in [-0.2, 0) is 6.54 Å². The van der Waals surface area contributed by atoms with Gasteiger partial charge in [0.2, 0.25) is 0 Å². The van der Waals surface area contributed by atoms with Crippen LogP contribution < -0.4 is 10.2 Å². The van der Waals surface area contributed by atoms with E-state index in [2.05, 4.69) is 49.8 Å². The van der Waals surface area contributed by atoms with Crippen molar-refractivity contribution < 1.29 is 0 Å². The molecule has 1 fully saturated rings. The molecule has 0 unspecified atom stereocenters. The van der Waals surface area contributed by atoms with E-state index in [9.17, 15) is 0 Å². The number of pyridine rings is 1. The first kappa shape index (κ1) is 16.9. The fourth-order valence-electron chi connectivity index (χ4n) is 2.36. The van der Waals surface area contributed by atoms with Gasteiger partial charge in [-0.3, -0.25) is 0 Å². The highest BCUT2D eigenvalue weighted by Gasteiger charge is 2.28. The highest BCUT2D eigenvalue weighted by Crippen LogP contribution is 2.34. The summed E-state index contributed by atoms with van der Waals surface area (Å²) >= 11 is 8.48. The zero-order chi connectivity index (χ0) is 15.7. The molecule has 118 valence electrons. The highest BCUT2D eigenvalue weighted by molar-refractivity contribution is 8.00. The zero-order valence-corrected chi connectivity index (χ0v) is 15.2. The van der Waals surface area contributed by atoms with Gasteiger partial charge in [0.1, 0.15) is 5.82 Å². The van der Waals surface area contributed by atoms with Crippen LogP contribution in [0.3, 0.4) is 0 Å². The third-order valence-corrected chi connectivity index (χ3v) is 5.00. The number of aromatic nitrogens is 1. The lowest BCUT2D eigenvalue weighted by Crippen LogP contribution is -2.43. The first-order valence-corrected chi connectivity index (χ1v) is 8.81. The van der Waals surface area contributed by atoms with Crippen molar-refractivity contribution in [3.63, 3.8) is 0 Å². The maximum absolute atomic E-state index is 6.47. The molecule has 0 amide bonds. The SMILES string of the molecule is CC(C)(C)NCc1cnc(N2CCSC(C)(C)C2)c(Cl)c1. The Kier molecular flexibility index (Phi) is 5.11. The maximum Gasteiger partial charge on any atom is 0.147 e. The van der Waals surface area contributed by atoms with Gasteiger partial charge in [0.25, 0.3) is 0 Å². The van der Waals surface area contributed by atoms with Gasteiger partial charge in [-0.2, -0.15) is 11.8 Å². The Morgan fingerprint density at radius 1 is 1.43 bits per heavy atom. The number of thioether (sulfide) groups is 1. The normalized spacial score (nSPS) is 18.9. The molecule has 0 spiro atoms. The van der Waals surface area contributed by atoms with Crippen molar-refractivity contribution in [3.8, 4) is 0 Å². The summed E-state index contributed by atoms with van der Waals surface area (Å²) in [5.41, 5.74) is 1.23. The Hall–Kier alpha value is -0.450. The fraction of sp³-hybridized carbons (Fsp3) is 0.688. The molecule has 1 aromatic heterocycles. The second-order valence-electron chi connectivity index (χ2n) is 7.28. The van der Waals surface area contributed by atoms with E-state index in [1.807, 2.05) is 24.0 Å². The summed E-state index contributed by atoms with van der Waals surface area (Å²) in [6.07, 6.45) is 1.94. The van der Waals surface area contributed by atoms with E-state index < -0.39 is 0 Å². The summed E-state index contributed by atoms with van der Waals surface area (Å²) in [7, 11) is 0. The molecule has 0 aliphatic carbocycles. The summed E-state index contributed by atoms with van der Waals surface area (Å²) < 4.78 is 0.260. The molecular formula is C16H26ClN3S. The number of halogens is 1. The molecule has 2 heterocycles. The van der Waals surface area contributed by atoms with E-state index in [1.165, 1.54) is 0 Å². The third-order valence-electron chi connectivity index (χ3n) is 3.43. The van der Waals surface area contributed by atoms with Crippen LogP contribution in [0.4, 0.5) is 5.82 Å². The van der Waals surface area contributed by atoms with E-state index in [0.717, 1.165) is 41.8 Å². The summed E-state index contributed by atoms with van der Waals surface area (Å²) in [5, 5.41) is 4.22. The average molecular weight is 328 g/mol. The van der Waals surface area contributed by atoms with Crippen LogP contribution in [0.1, 0.15) is 40.2 Å². The molecule has 0 aromatic carbocycles. The lowest BCUT2D eigenvalue weighted by molar-refractivity contribution is 0.424. The summed E-state index contributed by atoms with van der Waals surface area (Å²) in [6, 6.07) is 2.04. The molecule has 1 saturated heterocycles. The molecule has 1 aliphatic heterocycles. The summed E-state index contributed by atoms with van der Waals surface area (Å²) in [5.74, 6) is 2.04. The predicted molar refractivity (Wildman–Crippen MR) is 94.6 cm³/mol. The monoisotopic (exact) mass is 327 g/mol. The first-order chi connectivity index (χ1) is 9.66. The van der Waals surface area contributed by atoms with Crippen LogP contribution in [-0.4, -0.2) is 34.1 Å². The van der Waals surface area contributed by atoms with Gasteiger partial charge in [0.05, 0.1) is 5.02 Å². The fourth-order valence-corrected chi connectivity index (χ4v) is 3.78. The molecule has 21 heavy (non-hydrogen) atoms. The van der Waals surface area contributed by atoms with Gasteiger partial charge in [-0.15, -0.1) is 0 Å².